The second-order valence-corrected chi connectivity index (χ2v) is 8.66. The lowest BCUT2D eigenvalue weighted by molar-refractivity contribution is 0.0668. The topological polar surface area (TPSA) is 81.3 Å². The van der Waals surface area contributed by atoms with Gasteiger partial charge in [0.25, 0.3) is 0 Å². The average Bonchev–Trinajstić information content (AvgIpc) is 2.95. The number of halogens is 1. The number of fused-ring (bicyclic) bond motifs is 3. The maximum atomic E-state index is 13.9. The van der Waals surface area contributed by atoms with E-state index in [0.29, 0.717) is 12.5 Å². The highest BCUT2D eigenvalue weighted by molar-refractivity contribution is 6.03. The van der Waals surface area contributed by atoms with Gasteiger partial charge in [-0.2, -0.15) is 4.39 Å². The Labute approximate surface area is 224 Å². The number of rotatable bonds is 8. The van der Waals surface area contributed by atoms with Gasteiger partial charge in [0.1, 0.15) is 0 Å². The summed E-state index contributed by atoms with van der Waals surface area (Å²) in [4.78, 5) is 10.7. The first kappa shape index (κ1) is 28.6. The van der Waals surface area contributed by atoms with Crippen LogP contribution in [0.3, 0.4) is 0 Å². The molecule has 1 saturated heterocycles. The molecule has 0 bridgehead atoms. The maximum Gasteiger partial charge on any atom is 0.212 e. The zero-order valence-electron chi connectivity index (χ0n) is 22.0. The molecule has 2 N–H and O–H groups in total. The average molecular weight is 515 g/mol. The molecule has 198 valence electrons. The first-order valence-electron chi connectivity index (χ1n) is 12.6. The van der Waals surface area contributed by atoms with E-state index in [9.17, 15) is 4.39 Å². The Hall–Kier alpha value is -3.94. The third kappa shape index (κ3) is 7.09. The Morgan fingerprint density at radius 3 is 2.66 bits per heavy atom. The molecule has 0 atom stereocenters. The van der Waals surface area contributed by atoms with Crippen molar-refractivity contribution in [1.82, 2.24) is 4.90 Å². The summed E-state index contributed by atoms with van der Waals surface area (Å²) in [7, 11) is 1.00. The molecule has 0 radical (unpaired) electrons. The number of nitrogens with one attached hydrogen (secondary N) is 1. The number of aliphatic hydroxyl groups excluding tert-OH is 1. The van der Waals surface area contributed by atoms with Crippen LogP contribution in [0.25, 0.3) is 16.5 Å². The predicted molar refractivity (Wildman–Crippen MR) is 157 cm³/mol. The minimum Gasteiger partial charge on any atom is -0.400 e. The molecule has 2 aromatic carbocycles. The number of aliphatic imine (C=N–C) groups is 2. The molecule has 0 aliphatic carbocycles. The van der Waals surface area contributed by atoms with Gasteiger partial charge in [0.15, 0.2) is 0 Å². The molecule has 38 heavy (non-hydrogen) atoms. The maximum absolute atomic E-state index is 13.9. The number of aliphatic hydroxyl groups is 1. The normalized spacial score (nSPS) is 16.9. The van der Waals surface area contributed by atoms with Crippen LogP contribution in [-0.4, -0.2) is 55.1 Å². The molecular weight excluding hydrogens is 479 g/mol. The van der Waals surface area contributed by atoms with E-state index >= 15 is 0 Å². The van der Waals surface area contributed by atoms with Crippen molar-refractivity contribution in [3.05, 3.63) is 96.0 Å². The molecule has 2 aliphatic rings. The van der Waals surface area contributed by atoms with Crippen molar-refractivity contribution in [1.29, 1.82) is 5.41 Å². The van der Waals surface area contributed by atoms with E-state index in [4.69, 9.17) is 20.2 Å². The van der Waals surface area contributed by atoms with Gasteiger partial charge in [-0.05, 0) is 67.0 Å². The number of ether oxygens (including phenoxy) is 1. The Kier molecular flexibility index (Phi) is 11.1. The van der Waals surface area contributed by atoms with Crippen molar-refractivity contribution in [3.8, 4) is 0 Å². The second-order valence-electron chi connectivity index (χ2n) is 8.66. The zero-order valence-corrected chi connectivity index (χ0v) is 22.0. The largest absolute Gasteiger partial charge is 0.400 e. The quantitative estimate of drug-likeness (QED) is 0.233. The van der Waals surface area contributed by atoms with Crippen LogP contribution in [0.1, 0.15) is 30.9 Å². The molecule has 2 heterocycles. The monoisotopic (exact) mass is 514 g/mol. The van der Waals surface area contributed by atoms with E-state index in [1.54, 1.807) is 24.3 Å². The van der Waals surface area contributed by atoms with Crippen molar-refractivity contribution >= 4 is 40.9 Å². The zero-order chi connectivity index (χ0) is 27.3. The molecule has 0 amide bonds. The van der Waals surface area contributed by atoms with Crippen molar-refractivity contribution < 1.29 is 14.2 Å². The van der Waals surface area contributed by atoms with Gasteiger partial charge in [0, 0.05) is 55.4 Å². The Balaban J connectivity index is 0.00000195. The molecule has 6 nitrogen and oxygen atoms in total. The molecule has 1 fully saturated rings. The van der Waals surface area contributed by atoms with E-state index < -0.39 is 5.95 Å². The van der Waals surface area contributed by atoms with E-state index in [0.717, 1.165) is 72.0 Å². The Morgan fingerprint density at radius 2 is 1.95 bits per heavy atom. The molecule has 4 rings (SSSR count). The van der Waals surface area contributed by atoms with E-state index in [1.807, 2.05) is 31.5 Å². The lowest BCUT2D eigenvalue weighted by Crippen LogP contribution is -2.38. The van der Waals surface area contributed by atoms with Crippen LogP contribution in [0.15, 0.2) is 94.9 Å². The molecule has 2 aliphatic heterocycles. The van der Waals surface area contributed by atoms with Gasteiger partial charge in [-0.15, -0.1) is 0 Å². The second kappa shape index (κ2) is 14.7. The van der Waals surface area contributed by atoms with Crippen molar-refractivity contribution in [2.45, 2.75) is 32.2 Å². The molecule has 0 spiro atoms. The summed E-state index contributed by atoms with van der Waals surface area (Å²) >= 11 is 0. The lowest BCUT2D eigenvalue weighted by atomic mass is 9.91. The molecule has 0 unspecified atom stereocenters. The van der Waals surface area contributed by atoms with Crippen LogP contribution < -0.4 is 0 Å². The summed E-state index contributed by atoms with van der Waals surface area (Å²) in [6.45, 7) is 7.78. The van der Waals surface area contributed by atoms with Gasteiger partial charge < -0.3 is 20.2 Å². The summed E-state index contributed by atoms with van der Waals surface area (Å²) in [5, 5.41) is 16.8. The van der Waals surface area contributed by atoms with Gasteiger partial charge in [0.05, 0.1) is 12.0 Å². The van der Waals surface area contributed by atoms with Gasteiger partial charge in [0.2, 0.25) is 5.95 Å². The van der Waals surface area contributed by atoms with E-state index in [2.05, 4.69) is 34.7 Å². The van der Waals surface area contributed by atoms with Gasteiger partial charge in [-0.1, -0.05) is 49.1 Å². The third-order valence-corrected chi connectivity index (χ3v) is 6.33. The number of allylic oxidation sites excluding steroid dienone is 7. The Morgan fingerprint density at radius 1 is 1.21 bits per heavy atom. The molecule has 0 aromatic heterocycles. The molecule has 0 saturated carbocycles. The highest BCUT2D eigenvalue weighted by Crippen LogP contribution is 2.41. The van der Waals surface area contributed by atoms with Crippen LogP contribution in [-0.2, 0) is 11.2 Å². The minimum atomic E-state index is -0.583. The molecular formula is C31H35FN4O2. The van der Waals surface area contributed by atoms with E-state index in [1.165, 1.54) is 18.5 Å². The van der Waals surface area contributed by atoms with Crippen molar-refractivity contribution in [2.24, 2.45) is 9.98 Å². The third-order valence-electron chi connectivity index (χ3n) is 6.33. The highest BCUT2D eigenvalue weighted by Gasteiger charge is 2.27. The van der Waals surface area contributed by atoms with Crippen LogP contribution >= 0.6 is 0 Å². The summed E-state index contributed by atoms with van der Waals surface area (Å²) in [6.07, 6.45) is 16.9. The minimum absolute atomic E-state index is 0.325. The van der Waals surface area contributed by atoms with Gasteiger partial charge in [-0.3, -0.25) is 0 Å². The summed E-state index contributed by atoms with van der Waals surface area (Å²) in [5.41, 5.74) is 4.86. The number of nitrogens with zero attached hydrogens (tertiary/aromatic N) is 3. The first-order valence-corrected chi connectivity index (χ1v) is 12.6. The van der Waals surface area contributed by atoms with Crippen LogP contribution in [0.5, 0.6) is 0 Å². The number of benzene rings is 2. The summed E-state index contributed by atoms with van der Waals surface area (Å²) < 4.78 is 19.4. The van der Waals surface area contributed by atoms with Crippen molar-refractivity contribution in [3.63, 3.8) is 0 Å². The van der Waals surface area contributed by atoms with Gasteiger partial charge in [-0.25, -0.2) is 9.98 Å². The smallest absolute Gasteiger partial charge is 0.212 e. The van der Waals surface area contributed by atoms with Crippen LogP contribution in [0, 0.1) is 5.41 Å². The number of hydrogen-bond donors (Lipinski definition) is 2. The fourth-order valence-electron chi connectivity index (χ4n) is 4.54. The fraction of sp³-hybridized carbons (Fsp3) is 0.258. The SMILES string of the molecule is C=C1c2cc(CC(=C/C=N)/C=C/C=C(F)/N=C\C=C/C)c3ccccc3c2N=CN1C1CCOCC1.CO. The standard InChI is InChI=1S/C30H31FN4O.CH4O/c1-3-4-16-33-29(31)11-7-8-23(12-15-32)19-24-20-28-22(2)35(25-13-17-36-18-14-25)21-34-30(28)27-10-6-5-9-26(24)27;1-2/h3-12,15-16,20-21,25,32H,2,13-14,17-19H2,1H3;2H,1H3/b4-3-,8-7+,23-12+,29-11+,32-15?,33-16-;. The summed E-state index contributed by atoms with van der Waals surface area (Å²) in [5.74, 6) is -0.583. The van der Waals surface area contributed by atoms with E-state index in [-0.39, 0.29) is 0 Å². The van der Waals surface area contributed by atoms with Crippen LogP contribution in [0.2, 0.25) is 0 Å². The highest BCUT2D eigenvalue weighted by atomic mass is 19.1. The number of hydrogen-bond acceptors (Lipinski definition) is 6. The van der Waals surface area contributed by atoms with Crippen LogP contribution in [0.4, 0.5) is 10.1 Å². The fourth-order valence-corrected chi connectivity index (χ4v) is 4.54. The lowest BCUT2D eigenvalue weighted by Gasteiger charge is -2.36. The first-order chi connectivity index (χ1) is 18.6. The summed E-state index contributed by atoms with van der Waals surface area (Å²) in [6, 6.07) is 10.7. The molecule has 2 aromatic rings. The molecule has 7 heteroatoms. The van der Waals surface area contributed by atoms with Gasteiger partial charge >= 0.3 is 0 Å². The Bertz CT molecular complexity index is 1310. The van der Waals surface area contributed by atoms with Crippen molar-refractivity contribution in [2.75, 3.05) is 20.3 Å². The predicted octanol–water partition coefficient (Wildman–Crippen LogP) is 6.71.